The van der Waals surface area contributed by atoms with Crippen molar-refractivity contribution in [1.29, 1.82) is 5.26 Å². The maximum atomic E-state index is 12.9. The van der Waals surface area contributed by atoms with Crippen LogP contribution in [0.5, 0.6) is 0 Å². The second-order valence-corrected chi connectivity index (χ2v) is 7.82. The zero-order valence-corrected chi connectivity index (χ0v) is 18.9. The molecule has 0 saturated heterocycles. The lowest BCUT2D eigenvalue weighted by Crippen LogP contribution is -2.43. The van der Waals surface area contributed by atoms with Crippen molar-refractivity contribution in [3.63, 3.8) is 0 Å². The van der Waals surface area contributed by atoms with Gasteiger partial charge in [-0.15, -0.1) is 0 Å². The summed E-state index contributed by atoms with van der Waals surface area (Å²) in [6, 6.07) is 17.6. The number of nitrogens with zero attached hydrogens (tertiary/aromatic N) is 1. The minimum absolute atomic E-state index is 0. The van der Waals surface area contributed by atoms with Crippen molar-refractivity contribution in [2.75, 3.05) is 6.61 Å². The zero-order valence-electron chi connectivity index (χ0n) is 18.9. The van der Waals surface area contributed by atoms with Gasteiger partial charge < -0.3 is 4.74 Å². The van der Waals surface area contributed by atoms with Gasteiger partial charge in [-0.2, -0.15) is 5.26 Å². The fraction of sp³-hybridized carbons (Fsp3) is 0.370. The van der Waals surface area contributed by atoms with E-state index in [0.29, 0.717) is 25.0 Å². The van der Waals surface area contributed by atoms with Crippen LogP contribution in [0.25, 0.3) is 11.1 Å². The maximum Gasteiger partial charge on any atom is 0.306 e. The number of allylic oxidation sites excluding steroid dienone is 1. The van der Waals surface area contributed by atoms with Gasteiger partial charge in [-0.3, -0.25) is 9.59 Å². The molecule has 0 aromatic heterocycles. The average Bonchev–Trinajstić information content (AvgIpc) is 2.78. The van der Waals surface area contributed by atoms with Gasteiger partial charge >= 0.3 is 5.97 Å². The highest BCUT2D eigenvalue weighted by molar-refractivity contribution is 5.90. The van der Waals surface area contributed by atoms with Gasteiger partial charge in [0.05, 0.1) is 24.7 Å². The minimum atomic E-state index is -0.540. The molecular weight excluding hydrogens is 386 g/mol. The standard InChI is InChI=1S/C25H25NO3.C2H6.2H2/c1-4-29-24(28)14-22-23(27)11-17(2)15-25(22,3)21-10-6-9-20(13-21)19-8-5-7-18(12-19)16-26;1-2;;/h5-10,12-13,22H,2,4,11,14-15H2,1,3H3;1-2H3;2*1H/t22-,25?;;;/m0.../s1. The summed E-state index contributed by atoms with van der Waals surface area (Å²) in [6.07, 6.45) is 1.03. The summed E-state index contributed by atoms with van der Waals surface area (Å²) in [4.78, 5) is 25.1. The van der Waals surface area contributed by atoms with Crippen LogP contribution >= 0.6 is 0 Å². The summed E-state index contributed by atoms with van der Waals surface area (Å²) in [5, 5.41) is 9.19. The molecular formula is C27H35NO3. The third-order valence-electron chi connectivity index (χ3n) is 5.72. The number of hydrogen-bond donors (Lipinski definition) is 0. The van der Waals surface area contributed by atoms with E-state index in [2.05, 4.69) is 18.7 Å². The summed E-state index contributed by atoms with van der Waals surface area (Å²) in [6.45, 7) is 12.2. The van der Waals surface area contributed by atoms with Crippen molar-refractivity contribution < 1.29 is 17.2 Å². The van der Waals surface area contributed by atoms with E-state index in [1.54, 1.807) is 13.0 Å². The van der Waals surface area contributed by atoms with Gasteiger partial charge in [-0.05, 0) is 42.2 Å². The largest absolute Gasteiger partial charge is 0.466 e. The van der Waals surface area contributed by atoms with E-state index in [9.17, 15) is 14.9 Å². The van der Waals surface area contributed by atoms with Crippen LogP contribution in [0.15, 0.2) is 60.7 Å². The highest BCUT2D eigenvalue weighted by Gasteiger charge is 2.45. The Morgan fingerprint density at radius 1 is 1.23 bits per heavy atom. The Hall–Kier alpha value is -3.19. The van der Waals surface area contributed by atoms with Crippen LogP contribution in [0.2, 0.25) is 0 Å². The molecule has 0 bridgehead atoms. The molecule has 0 radical (unpaired) electrons. The first-order valence-electron chi connectivity index (χ1n) is 10.8. The van der Waals surface area contributed by atoms with Gasteiger partial charge in [-0.25, -0.2) is 0 Å². The van der Waals surface area contributed by atoms with Gasteiger partial charge in [0.1, 0.15) is 5.78 Å². The number of esters is 1. The van der Waals surface area contributed by atoms with Gasteiger partial charge in [-0.1, -0.05) is 69.3 Å². The molecule has 0 heterocycles. The number of nitriles is 1. The van der Waals surface area contributed by atoms with Crippen molar-refractivity contribution >= 4 is 11.8 Å². The molecule has 0 N–H and O–H groups in total. The first kappa shape index (κ1) is 24.1. The molecule has 2 atom stereocenters. The van der Waals surface area contributed by atoms with Crippen LogP contribution in [0.1, 0.15) is 60.9 Å². The van der Waals surface area contributed by atoms with Crippen LogP contribution in [-0.2, 0) is 19.7 Å². The van der Waals surface area contributed by atoms with Gasteiger partial charge in [0, 0.05) is 20.6 Å². The van der Waals surface area contributed by atoms with E-state index in [1.165, 1.54) is 0 Å². The molecule has 1 aliphatic rings. The highest BCUT2D eigenvalue weighted by atomic mass is 16.5. The Morgan fingerprint density at radius 2 is 1.87 bits per heavy atom. The zero-order chi connectivity index (χ0) is 23.0. The Kier molecular flexibility index (Phi) is 8.33. The van der Waals surface area contributed by atoms with Gasteiger partial charge in [0.25, 0.3) is 0 Å². The molecule has 31 heavy (non-hydrogen) atoms. The third kappa shape index (κ3) is 5.49. The van der Waals surface area contributed by atoms with Crippen molar-refractivity contribution in [2.24, 2.45) is 5.92 Å². The summed E-state index contributed by atoms with van der Waals surface area (Å²) in [5.41, 5.74) is 3.84. The molecule has 2 aromatic carbocycles. The lowest BCUT2D eigenvalue weighted by molar-refractivity contribution is -0.147. The molecule has 1 unspecified atom stereocenters. The Morgan fingerprint density at radius 3 is 2.52 bits per heavy atom. The lowest BCUT2D eigenvalue weighted by atomic mass is 9.61. The molecule has 166 valence electrons. The fourth-order valence-electron chi connectivity index (χ4n) is 4.28. The Labute approximate surface area is 188 Å². The molecule has 1 aliphatic carbocycles. The number of hydrogen-bond acceptors (Lipinski definition) is 4. The summed E-state index contributed by atoms with van der Waals surface area (Å²) in [5.74, 6) is -0.760. The van der Waals surface area contributed by atoms with Gasteiger partial charge in [0.2, 0.25) is 0 Å². The average molecular weight is 422 g/mol. The quantitative estimate of drug-likeness (QED) is 0.409. The monoisotopic (exact) mass is 421 g/mol. The number of rotatable bonds is 5. The first-order valence-corrected chi connectivity index (χ1v) is 10.8. The van der Waals surface area contributed by atoms with Crippen LogP contribution in [0, 0.1) is 17.2 Å². The Balaban J connectivity index is 0.00000249. The van der Waals surface area contributed by atoms with E-state index in [0.717, 1.165) is 22.3 Å². The van der Waals surface area contributed by atoms with Gasteiger partial charge in [0.15, 0.2) is 0 Å². The predicted octanol–water partition coefficient (Wildman–Crippen LogP) is 6.49. The SMILES string of the molecule is C=C1CC(=O)[C@H](CC(=O)OCC)C(C)(c2cccc(-c3cccc(C#N)c3)c2)C1.CC.[HH].[HH]. The summed E-state index contributed by atoms with van der Waals surface area (Å²) >= 11 is 0. The summed E-state index contributed by atoms with van der Waals surface area (Å²) in [7, 11) is 0. The first-order chi connectivity index (χ1) is 14.9. The second kappa shape index (κ2) is 10.7. The van der Waals surface area contributed by atoms with E-state index in [-0.39, 0.29) is 21.0 Å². The molecule has 2 aromatic rings. The van der Waals surface area contributed by atoms with Crippen LogP contribution < -0.4 is 0 Å². The summed E-state index contributed by atoms with van der Waals surface area (Å²) < 4.78 is 5.12. The molecule has 1 fully saturated rings. The van der Waals surface area contributed by atoms with Crippen molar-refractivity contribution in [2.45, 2.75) is 52.4 Å². The lowest BCUT2D eigenvalue weighted by Gasteiger charge is -2.41. The van der Waals surface area contributed by atoms with Crippen LogP contribution in [-0.4, -0.2) is 18.4 Å². The minimum Gasteiger partial charge on any atom is -0.466 e. The third-order valence-corrected chi connectivity index (χ3v) is 5.72. The maximum absolute atomic E-state index is 12.9. The van der Waals surface area contributed by atoms with E-state index in [1.807, 2.05) is 57.2 Å². The number of benzene rings is 2. The van der Waals surface area contributed by atoms with Crippen LogP contribution in [0.4, 0.5) is 0 Å². The fourth-order valence-corrected chi connectivity index (χ4v) is 4.28. The van der Waals surface area contributed by atoms with Crippen LogP contribution in [0.3, 0.4) is 0 Å². The predicted molar refractivity (Wildman–Crippen MR) is 128 cm³/mol. The van der Waals surface area contributed by atoms with Crippen molar-refractivity contribution in [3.05, 3.63) is 71.8 Å². The normalized spacial score (nSPS) is 20.3. The molecule has 3 rings (SSSR count). The van der Waals surface area contributed by atoms with E-state index < -0.39 is 11.3 Å². The van der Waals surface area contributed by atoms with Crippen molar-refractivity contribution in [3.8, 4) is 17.2 Å². The van der Waals surface area contributed by atoms with Crippen molar-refractivity contribution in [1.82, 2.24) is 0 Å². The van der Waals surface area contributed by atoms with E-state index >= 15 is 0 Å². The number of carbonyl (C=O) groups is 2. The highest BCUT2D eigenvalue weighted by Crippen LogP contribution is 2.46. The number of ether oxygens (including phenoxy) is 1. The number of carbonyl (C=O) groups excluding carboxylic acids is 2. The van der Waals surface area contributed by atoms with E-state index in [4.69, 9.17) is 4.74 Å². The molecule has 0 amide bonds. The molecule has 4 nitrogen and oxygen atoms in total. The number of ketones is 1. The molecule has 0 aliphatic heterocycles. The second-order valence-electron chi connectivity index (χ2n) is 7.82. The molecule has 0 spiro atoms. The molecule has 1 saturated carbocycles. The smallest absolute Gasteiger partial charge is 0.306 e. The topological polar surface area (TPSA) is 67.2 Å². The molecule has 4 heteroatoms. The Bertz CT molecular complexity index is 1010. The number of Topliss-reactive ketones (excluding diaryl/α,β-unsaturated/α-hetero) is 1.